The van der Waals surface area contributed by atoms with E-state index in [0.717, 1.165) is 12.2 Å². The summed E-state index contributed by atoms with van der Waals surface area (Å²) in [7, 11) is 0.216. The summed E-state index contributed by atoms with van der Waals surface area (Å²) in [6.07, 6.45) is 4.18. The molecule has 1 aliphatic heterocycles. The van der Waals surface area contributed by atoms with Crippen LogP contribution in [0.25, 0.3) is 10.8 Å². The van der Waals surface area contributed by atoms with Crippen LogP contribution < -0.4 is 0 Å². The lowest BCUT2D eigenvalue weighted by atomic mass is 10.0. The van der Waals surface area contributed by atoms with Crippen molar-refractivity contribution < 1.29 is 0 Å². The minimum absolute atomic E-state index is 0.216. The van der Waals surface area contributed by atoms with E-state index in [2.05, 4.69) is 61.2 Å². The smallest absolute Gasteiger partial charge is 0.0243 e. The second kappa shape index (κ2) is 6.24. The topological polar surface area (TPSA) is 3.24 Å². The number of rotatable bonds is 3. The van der Waals surface area contributed by atoms with Gasteiger partial charge in [0.15, 0.2) is 0 Å². The standard InChI is InChI=1S/C18H24NP/c1-15(2)20-12-6-11-19(14-20)13-17-9-5-8-16-7-3-4-10-18(16)17/h3-5,7-10,15H,6,11-14H2,1-2H3. The van der Waals surface area contributed by atoms with Gasteiger partial charge in [-0.2, -0.15) is 0 Å². The van der Waals surface area contributed by atoms with Gasteiger partial charge in [0.05, 0.1) is 0 Å². The van der Waals surface area contributed by atoms with Gasteiger partial charge in [-0.25, -0.2) is 0 Å². The molecule has 1 fully saturated rings. The number of hydrogen-bond acceptors (Lipinski definition) is 1. The Hall–Kier alpha value is -0.910. The predicted molar refractivity (Wildman–Crippen MR) is 90.8 cm³/mol. The van der Waals surface area contributed by atoms with Crippen molar-refractivity contribution in [3.63, 3.8) is 0 Å². The van der Waals surface area contributed by atoms with Gasteiger partial charge in [0, 0.05) is 12.8 Å². The van der Waals surface area contributed by atoms with Crippen molar-refractivity contribution >= 4 is 18.7 Å². The summed E-state index contributed by atoms with van der Waals surface area (Å²) < 4.78 is 0. The molecule has 20 heavy (non-hydrogen) atoms. The molecule has 0 spiro atoms. The third-order valence-corrected chi connectivity index (χ3v) is 7.42. The number of fused-ring (bicyclic) bond motifs is 1. The van der Waals surface area contributed by atoms with E-state index >= 15 is 0 Å². The molecule has 0 aliphatic carbocycles. The molecule has 0 amide bonds. The molecule has 1 nitrogen and oxygen atoms in total. The fraction of sp³-hybridized carbons (Fsp3) is 0.444. The lowest BCUT2D eigenvalue weighted by molar-refractivity contribution is 0.302. The maximum absolute atomic E-state index is 2.68. The molecule has 0 N–H and O–H groups in total. The summed E-state index contributed by atoms with van der Waals surface area (Å²) >= 11 is 0. The fourth-order valence-electron chi connectivity index (χ4n) is 3.12. The zero-order chi connectivity index (χ0) is 13.9. The Kier molecular flexibility index (Phi) is 4.38. The normalized spacial score (nSPS) is 20.6. The quantitative estimate of drug-likeness (QED) is 0.725. The van der Waals surface area contributed by atoms with E-state index < -0.39 is 0 Å². The minimum Gasteiger partial charge on any atom is -0.295 e. The molecule has 1 saturated heterocycles. The van der Waals surface area contributed by atoms with Gasteiger partial charge >= 0.3 is 0 Å². The van der Waals surface area contributed by atoms with Gasteiger partial charge in [0.25, 0.3) is 0 Å². The zero-order valence-electron chi connectivity index (χ0n) is 12.5. The van der Waals surface area contributed by atoms with Crippen LogP contribution in [0.2, 0.25) is 0 Å². The molecule has 106 valence electrons. The van der Waals surface area contributed by atoms with Gasteiger partial charge < -0.3 is 0 Å². The first-order valence-electron chi connectivity index (χ1n) is 7.67. The highest BCUT2D eigenvalue weighted by Gasteiger charge is 2.21. The molecule has 1 heterocycles. The number of nitrogens with zero attached hydrogens (tertiary/aromatic N) is 1. The lowest BCUT2D eigenvalue weighted by Gasteiger charge is -2.35. The number of benzene rings is 2. The van der Waals surface area contributed by atoms with E-state index in [4.69, 9.17) is 0 Å². The van der Waals surface area contributed by atoms with E-state index in [9.17, 15) is 0 Å². The first-order chi connectivity index (χ1) is 9.74. The van der Waals surface area contributed by atoms with E-state index in [1.165, 1.54) is 41.7 Å². The second-order valence-corrected chi connectivity index (χ2v) is 9.03. The van der Waals surface area contributed by atoms with Crippen LogP contribution in [0.4, 0.5) is 0 Å². The van der Waals surface area contributed by atoms with Crippen LogP contribution in [0.5, 0.6) is 0 Å². The summed E-state index contributed by atoms with van der Waals surface area (Å²) in [6.45, 7) is 7.18. The molecular weight excluding hydrogens is 261 g/mol. The molecule has 0 radical (unpaired) electrons. The van der Waals surface area contributed by atoms with Crippen molar-refractivity contribution in [1.82, 2.24) is 4.90 Å². The Morgan fingerprint density at radius 2 is 1.90 bits per heavy atom. The Bertz CT molecular complexity index is 573. The van der Waals surface area contributed by atoms with Crippen LogP contribution in [0.1, 0.15) is 25.8 Å². The first kappa shape index (κ1) is 14.0. The van der Waals surface area contributed by atoms with Crippen molar-refractivity contribution in [2.75, 3.05) is 19.0 Å². The molecule has 1 aliphatic rings. The van der Waals surface area contributed by atoms with Crippen molar-refractivity contribution in [2.45, 2.75) is 32.5 Å². The van der Waals surface area contributed by atoms with Gasteiger partial charge in [-0.3, -0.25) is 4.90 Å². The summed E-state index contributed by atoms with van der Waals surface area (Å²) in [5.41, 5.74) is 2.36. The minimum atomic E-state index is 0.216. The van der Waals surface area contributed by atoms with E-state index in [1.54, 1.807) is 0 Å². The van der Waals surface area contributed by atoms with E-state index in [-0.39, 0.29) is 7.92 Å². The Morgan fingerprint density at radius 1 is 1.10 bits per heavy atom. The van der Waals surface area contributed by atoms with E-state index in [1.807, 2.05) is 0 Å². The highest BCUT2D eigenvalue weighted by molar-refractivity contribution is 7.58. The number of hydrogen-bond donors (Lipinski definition) is 0. The highest BCUT2D eigenvalue weighted by Crippen LogP contribution is 2.45. The monoisotopic (exact) mass is 285 g/mol. The highest BCUT2D eigenvalue weighted by atomic mass is 31.1. The molecule has 2 aromatic carbocycles. The molecule has 1 atom stereocenters. The van der Waals surface area contributed by atoms with Gasteiger partial charge in [-0.15, -0.1) is 0 Å². The molecule has 2 aromatic rings. The largest absolute Gasteiger partial charge is 0.295 e. The van der Waals surface area contributed by atoms with Gasteiger partial charge in [0.1, 0.15) is 0 Å². The maximum atomic E-state index is 2.68. The third kappa shape index (κ3) is 3.05. The van der Waals surface area contributed by atoms with Crippen LogP contribution in [0.15, 0.2) is 42.5 Å². The van der Waals surface area contributed by atoms with E-state index in [0.29, 0.717) is 0 Å². The second-order valence-electron chi connectivity index (χ2n) is 6.09. The average Bonchev–Trinajstić information content (AvgIpc) is 2.48. The van der Waals surface area contributed by atoms with Gasteiger partial charge in [-0.05, 0) is 41.1 Å². The Labute approximate surface area is 123 Å². The van der Waals surface area contributed by atoms with Crippen molar-refractivity contribution in [3.05, 3.63) is 48.0 Å². The SMILES string of the molecule is CC(C)P1CCCN(Cc2cccc3ccccc23)C1. The van der Waals surface area contributed by atoms with Crippen molar-refractivity contribution in [1.29, 1.82) is 0 Å². The Morgan fingerprint density at radius 3 is 2.75 bits per heavy atom. The molecule has 0 saturated carbocycles. The van der Waals surface area contributed by atoms with Crippen LogP contribution in [0, 0.1) is 0 Å². The molecule has 3 rings (SSSR count). The molecular formula is C18H24NP. The molecule has 0 aromatic heterocycles. The molecule has 0 bridgehead atoms. The first-order valence-corrected chi connectivity index (χ1v) is 9.45. The van der Waals surface area contributed by atoms with Crippen LogP contribution >= 0.6 is 7.92 Å². The molecule has 1 unspecified atom stereocenters. The molecule has 2 heteroatoms. The predicted octanol–water partition coefficient (Wildman–Crippen LogP) is 4.89. The van der Waals surface area contributed by atoms with Crippen LogP contribution in [0.3, 0.4) is 0 Å². The van der Waals surface area contributed by atoms with Crippen molar-refractivity contribution in [3.8, 4) is 0 Å². The lowest BCUT2D eigenvalue weighted by Crippen LogP contribution is -2.31. The third-order valence-electron chi connectivity index (χ3n) is 4.31. The average molecular weight is 285 g/mol. The fourth-order valence-corrected chi connectivity index (χ4v) is 5.40. The van der Waals surface area contributed by atoms with Crippen LogP contribution in [-0.4, -0.2) is 29.6 Å². The summed E-state index contributed by atoms with van der Waals surface area (Å²) in [4.78, 5) is 2.68. The van der Waals surface area contributed by atoms with Crippen molar-refractivity contribution in [2.24, 2.45) is 0 Å². The summed E-state index contributed by atoms with van der Waals surface area (Å²) in [5, 5.41) is 2.79. The summed E-state index contributed by atoms with van der Waals surface area (Å²) in [6, 6.07) is 15.5. The summed E-state index contributed by atoms with van der Waals surface area (Å²) in [5.74, 6) is 0. The van der Waals surface area contributed by atoms with Gasteiger partial charge in [0.2, 0.25) is 0 Å². The Balaban J connectivity index is 1.79. The zero-order valence-corrected chi connectivity index (χ0v) is 13.4. The van der Waals surface area contributed by atoms with Crippen LogP contribution in [-0.2, 0) is 6.54 Å². The maximum Gasteiger partial charge on any atom is 0.0243 e. The van der Waals surface area contributed by atoms with Gasteiger partial charge in [-0.1, -0.05) is 64.2 Å².